The lowest BCUT2D eigenvalue weighted by Crippen LogP contribution is -2.42. The smallest absolute Gasteiger partial charge is 0.261 e. The molecule has 1 saturated heterocycles. The van der Waals surface area contributed by atoms with E-state index in [0.717, 1.165) is 6.42 Å². The van der Waals surface area contributed by atoms with Gasteiger partial charge < -0.3 is 4.90 Å². The molecular weight excluding hydrogens is 402 g/mol. The van der Waals surface area contributed by atoms with Gasteiger partial charge in [-0.05, 0) is 42.8 Å². The molecule has 0 radical (unpaired) electrons. The van der Waals surface area contributed by atoms with Crippen LogP contribution in [-0.4, -0.2) is 29.9 Å². The fourth-order valence-corrected chi connectivity index (χ4v) is 3.41. The number of carbonyl (C=O) groups excluding carboxylic acids is 2. The first-order chi connectivity index (χ1) is 12.4. The molecule has 0 bridgehead atoms. The normalized spacial score (nSPS) is 14.0. The van der Waals surface area contributed by atoms with Crippen LogP contribution in [0.3, 0.4) is 0 Å². The minimum Gasteiger partial charge on any atom is -0.324 e. The summed E-state index contributed by atoms with van der Waals surface area (Å²) in [5, 5.41) is 0.473. The molecule has 0 saturated carbocycles. The molecule has 8 heteroatoms. The van der Waals surface area contributed by atoms with E-state index >= 15 is 0 Å². The van der Waals surface area contributed by atoms with E-state index in [9.17, 15) is 14.0 Å². The molecular formula is C18H14Cl3FN2O2. The summed E-state index contributed by atoms with van der Waals surface area (Å²) in [6, 6.07) is 8.48. The Bertz CT molecular complexity index is 876. The second kappa shape index (κ2) is 7.82. The third-order valence-electron chi connectivity index (χ3n) is 4.11. The summed E-state index contributed by atoms with van der Waals surface area (Å²) >= 11 is 17.9. The zero-order chi connectivity index (χ0) is 18.8. The summed E-state index contributed by atoms with van der Waals surface area (Å²) < 4.78 is 13.5. The molecule has 2 aromatic carbocycles. The number of hydrogen-bond donors (Lipinski definition) is 0. The van der Waals surface area contributed by atoms with Gasteiger partial charge in [-0.15, -0.1) is 0 Å². The topological polar surface area (TPSA) is 40.6 Å². The van der Waals surface area contributed by atoms with Crippen molar-refractivity contribution in [3.05, 3.63) is 62.8 Å². The molecule has 0 N–H and O–H groups in total. The number of halogens is 4. The molecule has 4 nitrogen and oxygen atoms in total. The van der Waals surface area contributed by atoms with Gasteiger partial charge >= 0.3 is 0 Å². The van der Waals surface area contributed by atoms with Crippen molar-refractivity contribution in [2.75, 3.05) is 18.1 Å². The summed E-state index contributed by atoms with van der Waals surface area (Å²) in [5.41, 5.74) is 0.593. The largest absolute Gasteiger partial charge is 0.324 e. The van der Waals surface area contributed by atoms with Gasteiger partial charge in [0.2, 0.25) is 5.91 Å². The Balaban J connectivity index is 1.99. The van der Waals surface area contributed by atoms with Crippen molar-refractivity contribution in [3.63, 3.8) is 0 Å². The van der Waals surface area contributed by atoms with E-state index in [2.05, 4.69) is 0 Å². The standard InChI is InChI=1S/C18H14Cl3FN2O2/c19-11-3-5-13(14(20)8-11)18(26)24(10-23-7-1-2-17(23)25)12-4-6-16(22)15(21)9-12/h3-6,8-9H,1-2,7,10H2. The van der Waals surface area contributed by atoms with E-state index < -0.39 is 11.7 Å². The SMILES string of the molecule is O=C1CCCN1CN(C(=O)c1ccc(Cl)cc1Cl)c1ccc(F)c(Cl)c1. The summed E-state index contributed by atoms with van der Waals surface area (Å²) in [4.78, 5) is 28.0. The van der Waals surface area contributed by atoms with E-state index in [1.807, 2.05) is 0 Å². The van der Waals surface area contributed by atoms with Crippen LogP contribution >= 0.6 is 34.8 Å². The lowest BCUT2D eigenvalue weighted by Gasteiger charge is -2.28. The number of benzene rings is 2. The number of hydrogen-bond acceptors (Lipinski definition) is 2. The van der Waals surface area contributed by atoms with E-state index in [1.165, 1.54) is 35.2 Å². The molecule has 0 aromatic heterocycles. The Morgan fingerprint density at radius 3 is 2.50 bits per heavy atom. The summed E-state index contributed by atoms with van der Waals surface area (Å²) in [7, 11) is 0. The van der Waals surface area contributed by atoms with Crippen LogP contribution in [0.15, 0.2) is 36.4 Å². The zero-order valence-electron chi connectivity index (χ0n) is 13.5. The molecule has 136 valence electrons. The van der Waals surface area contributed by atoms with Crippen LogP contribution in [0.25, 0.3) is 0 Å². The Morgan fingerprint density at radius 1 is 1.12 bits per heavy atom. The molecule has 1 aliphatic rings. The zero-order valence-corrected chi connectivity index (χ0v) is 15.8. The third kappa shape index (κ3) is 3.95. The predicted octanol–water partition coefficient (Wildman–Crippen LogP) is 5.01. The highest BCUT2D eigenvalue weighted by molar-refractivity contribution is 6.37. The fourth-order valence-electron chi connectivity index (χ4n) is 2.75. The lowest BCUT2D eigenvalue weighted by atomic mass is 10.2. The van der Waals surface area contributed by atoms with Crippen LogP contribution in [0.1, 0.15) is 23.2 Å². The number of rotatable bonds is 4. The average Bonchev–Trinajstić information content (AvgIpc) is 2.99. The minimum absolute atomic E-state index is 0.0264. The molecule has 2 aromatic rings. The van der Waals surface area contributed by atoms with Crippen LogP contribution in [0.5, 0.6) is 0 Å². The van der Waals surface area contributed by atoms with Gasteiger partial charge in [-0.25, -0.2) is 4.39 Å². The van der Waals surface area contributed by atoms with Crippen molar-refractivity contribution in [2.24, 2.45) is 0 Å². The van der Waals surface area contributed by atoms with Gasteiger partial charge in [-0.3, -0.25) is 14.5 Å². The van der Waals surface area contributed by atoms with Crippen molar-refractivity contribution in [2.45, 2.75) is 12.8 Å². The van der Waals surface area contributed by atoms with Crippen molar-refractivity contribution in [3.8, 4) is 0 Å². The lowest BCUT2D eigenvalue weighted by molar-refractivity contribution is -0.127. The first-order valence-electron chi connectivity index (χ1n) is 7.86. The summed E-state index contributed by atoms with van der Waals surface area (Å²) in [6.07, 6.45) is 1.17. The van der Waals surface area contributed by atoms with Crippen molar-refractivity contribution in [1.82, 2.24) is 4.90 Å². The Morgan fingerprint density at radius 2 is 1.88 bits per heavy atom. The highest BCUT2D eigenvalue weighted by atomic mass is 35.5. The number of carbonyl (C=O) groups is 2. The number of nitrogens with zero attached hydrogens (tertiary/aromatic N) is 2. The minimum atomic E-state index is -0.593. The number of likely N-dealkylation sites (tertiary alicyclic amines) is 1. The molecule has 2 amide bonds. The predicted molar refractivity (Wildman–Crippen MR) is 100 cm³/mol. The van der Waals surface area contributed by atoms with Crippen LogP contribution < -0.4 is 4.90 Å². The van der Waals surface area contributed by atoms with Crippen molar-refractivity contribution >= 4 is 52.3 Å². The number of anilines is 1. The summed E-state index contributed by atoms with van der Waals surface area (Å²) in [6.45, 7) is 0.574. The Kier molecular flexibility index (Phi) is 5.70. The molecule has 26 heavy (non-hydrogen) atoms. The van der Waals surface area contributed by atoms with Gasteiger partial charge in [0, 0.05) is 23.7 Å². The van der Waals surface area contributed by atoms with E-state index in [0.29, 0.717) is 23.7 Å². The van der Waals surface area contributed by atoms with Gasteiger partial charge in [0.05, 0.1) is 15.6 Å². The summed E-state index contributed by atoms with van der Waals surface area (Å²) in [5.74, 6) is -1.07. The number of amides is 2. The van der Waals surface area contributed by atoms with Gasteiger partial charge in [-0.2, -0.15) is 0 Å². The van der Waals surface area contributed by atoms with Gasteiger partial charge in [0.15, 0.2) is 0 Å². The van der Waals surface area contributed by atoms with Crippen LogP contribution in [-0.2, 0) is 4.79 Å². The highest BCUT2D eigenvalue weighted by Crippen LogP contribution is 2.28. The maximum absolute atomic E-state index is 13.5. The quantitative estimate of drug-likeness (QED) is 0.704. The maximum Gasteiger partial charge on any atom is 0.261 e. The van der Waals surface area contributed by atoms with E-state index in [4.69, 9.17) is 34.8 Å². The second-order valence-electron chi connectivity index (χ2n) is 5.86. The second-order valence-corrected chi connectivity index (χ2v) is 7.11. The fraction of sp³-hybridized carbons (Fsp3) is 0.222. The molecule has 0 spiro atoms. The molecule has 3 rings (SSSR count). The first kappa shape index (κ1) is 19.0. The van der Waals surface area contributed by atoms with E-state index in [1.54, 1.807) is 11.0 Å². The highest BCUT2D eigenvalue weighted by Gasteiger charge is 2.27. The van der Waals surface area contributed by atoms with Crippen molar-refractivity contribution in [1.29, 1.82) is 0 Å². The molecule has 1 fully saturated rings. The molecule has 0 atom stereocenters. The Hall–Kier alpha value is -1.82. The van der Waals surface area contributed by atoms with Gasteiger partial charge in [0.1, 0.15) is 12.5 Å². The molecule has 0 unspecified atom stereocenters. The van der Waals surface area contributed by atoms with Gasteiger partial charge in [0.25, 0.3) is 5.91 Å². The Labute approximate surface area is 165 Å². The van der Waals surface area contributed by atoms with Crippen LogP contribution in [0.4, 0.5) is 10.1 Å². The maximum atomic E-state index is 13.5. The monoisotopic (exact) mass is 414 g/mol. The van der Waals surface area contributed by atoms with Crippen molar-refractivity contribution < 1.29 is 14.0 Å². The van der Waals surface area contributed by atoms with Crippen LogP contribution in [0, 0.1) is 5.82 Å². The van der Waals surface area contributed by atoms with Gasteiger partial charge in [-0.1, -0.05) is 34.8 Å². The molecule has 1 aliphatic heterocycles. The third-order valence-corrected chi connectivity index (χ3v) is 4.94. The molecule has 1 heterocycles. The van der Waals surface area contributed by atoms with Crippen LogP contribution in [0.2, 0.25) is 15.1 Å². The first-order valence-corrected chi connectivity index (χ1v) is 9.00. The molecule has 0 aliphatic carbocycles. The average molecular weight is 416 g/mol. The van der Waals surface area contributed by atoms with E-state index in [-0.39, 0.29) is 28.2 Å².